The molecule has 17 heavy (non-hydrogen) atoms. The van der Waals surface area contributed by atoms with E-state index >= 15 is 0 Å². The lowest BCUT2D eigenvalue weighted by atomic mass is 9.98. The Morgan fingerprint density at radius 3 is 2.47 bits per heavy atom. The van der Waals surface area contributed by atoms with Gasteiger partial charge < -0.3 is 5.32 Å². The molecule has 0 radical (unpaired) electrons. The van der Waals surface area contributed by atoms with Crippen LogP contribution in [0.15, 0.2) is 0 Å². The van der Waals surface area contributed by atoms with Crippen molar-refractivity contribution in [2.75, 3.05) is 0 Å². The maximum atomic E-state index is 4.86. The van der Waals surface area contributed by atoms with Crippen molar-refractivity contribution in [1.29, 1.82) is 0 Å². The summed E-state index contributed by atoms with van der Waals surface area (Å²) in [6.07, 6.45) is 2.70. The van der Waals surface area contributed by atoms with Gasteiger partial charge in [0.1, 0.15) is 0 Å². The number of hydrogen-bond acceptors (Lipinski definition) is 3. The van der Waals surface area contributed by atoms with E-state index in [-0.39, 0.29) is 5.41 Å². The van der Waals surface area contributed by atoms with Crippen molar-refractivity contribution in [2.24, 2.45) is 0 Å². The van der Waals surface area contributed by atoms with E-state index in [4.69, 9.17) is 4.98 Å². The Morgan fingerprint density at radius 1 is 1.35 bits per heavy atom. The second-order valence-corrected chi connectivity index (χ2v) is 7.47. The highest BCUT2D eigenvalue weighted by Gasteiger charge is 2.25. The third-order valence-corrected chi connectivity index (χ3v) is 4.54. The lowest BCUT2D eigenvalue weighted by Crippen LogP contribution is -2.15. The van der Waals surface area contributed by atoms with Crippen LogP contribution in [0.2, 0.25) is 0 Å². The summed E-state index contributed by atoms with van der Waals surface area (Å²) in [7, 11) is 0. The van der Waals surface area contributed by atoms with Crippen molar-refractivity contribution in [3.8, 4) is 0 Å². The molecule has 0 bridgehead atoms. The molecule has 0 unspecified atom stereocenters. The van der Waals surface area contributed by atoms with Gasteiger partial charge in [-0.15, -0.1) is 11.3 Å². The van der Waals surface area contributed by atoms with Gasteiger partial charge in [-0.3, -0.25) is 0 Å². The molecule has 96 valence electrons. The molecule has 0 atom stereocenters. The maximum Gasteiger partial charge on any atom is 0.0985 e. The third-order valence-electron chi connectivity index (χ3n) is 3.04. The molecule has 2 nitrogen and oxygen atoms in total. The van der Waals surface area contributed by atoms with Crippen LogP contribution in [0.5, 0.6) is 0 Å². The number of thiazole rings is 1. The molecule has 1 fully saturated rings. The summed E-state index contributed by atoms with van der Waals surface area (Å²) in [5, 5.41) is 4.88. The van der Waals surface area contributed by atoms with E-state index in [1.807, 2.05) is 11.3 Å². The standard InChI is InChI=1S/C14H24N2S/c1-9(2)12-11(8-15-10-6-7-10)17-13(16-12)14(3,4)5/h9-10,15H,6-8H2,1-5H3. The first-order valence-electron chi connectivity index (χ1n) is 6.61. The van der Waals surface area contributed by atoms with E-state index in [1.54, 1.807) is 0 Å². The van der Waals surface area contributed by atoms with Crippen LogP contribution in [0, 0.1) is 0 Å². The van der Waals surface area contributed by atoms with Crippen LogP contribution in [-0.2, 0) is 12.0 Å². The monoisotopic (exact) mass is 252 g/mol. The summed E-state index contributed by atoms with van der Waals surface area (Å²) in [5.41, 5.74) is 1.47. The average molecular weight is 252 g/mol. The Labute approximate surface area is 109 Å². The van der Waals surface area contributed by atoms with E-state index in [1.165, 1.54) is 28.4 Å². The molecule has 2 rings (SSSR count). The third kappa shape index (κ3) is 3.29. The van der Waals surface area contributed by atoms with Gasteiger partial charge >= 0.3 is 0 Å². The van der Waals surface area contributed by atoms with Crippen LogP contribution in [0.4, 0.5) is 0 Å². The highest BCUT2D eigenvalue weighted by atomic mass is 32.1. The highest BCUT2D eigenvalue weighted by Crippen LogP contribution is 2.33. The molecule has 1 aromatic heterocycles. The van der Waals surface area contributed by atoms with Gasteiger partial charge in [0.25, 0.3) is 0 Å². The largest absolute Gasteiger partial charge is 0.309 e. The highest BCUT2D eigenvalue weighted by molar-refractivity contribution is 7.11. The maximum absolute atomic E-state index is 4.86. The van der Waals surface area contributed by atoms with Crippen molar-refractivity contribution in [3.05, 3.63) is 15.6 Å². The van der Waals surface area contributed by atoms with Gasteiger partial charge in [0.05, 0.1) is 10.7 Å². The van der Waals surface area contributed by atoms with Crippen LogP contribution in [0.25, 0.3) is 0 Å². The van der Waals surface area contributed by atoms with Crippen LogP contribution in [-0.4, -0.2) is 11.0 Å². The molecule has 0 aliphatic heterocycles. The molecular formula is C14H24N2S. The average Bonchev–Trinajstić information content (AvgIpc) is 2.91. The molecule has 1 aliphatic carbocycles. The second-order valence-electron chi connectivity index (χ2n) is 6.39. The molecule has 0 aromatic carbocycles. The zero-order chi connectivity index (χ0) is 12.6. The summed E-state index contributed by atoms with van der Waals surface area (Å²) >= 11 is 1.89. The molecule has 1 aliphatic rings. The molecule has 1 N–H and O–H groups in total. The fourth-order valence-corrected chi connectivity index (χ4v) is 3.01. The van der Waals surface area contributed by atoms with Crippen LogP contribution in [0.3, 0.4) is 0 Å². The first-order chi connectivity index (χ1) is 7.88. The van der Waals surface area contributed by atoms with Gasteiger partial charge in [-0.25, -0.2) is 4.98 Å². The minimum atomic E-state index is 0.173. The van der Waals surface area contributed by atoms with Crippen molar-refractivity contribution in [2.45, 2.75) is 71.4 Å². The van der Waals surface area contributed by atoms with E-state index in [9.17, 15) is 0 Å². The lowest BCUT2D eigenvalue weighted by Gasteiger charge is -2.13. The Balaban J connectivity index is 2.18. The molecule has 1 heterocycles. The first kappa shape index (κ1) is 13.0. The Hall–Kier alpha value is -0.410. The van der Waals surface area contributed by atoms with Crippen molar-refractivity contribution in [1.82, 2.24) is 10.3 Å². The van der Waals surface area contributed by atoms with Crippen LogP contribution >= 0.6 is 11.3 Å². The number of rotatable bonds is 4. The first-order valence-corrected chi connectivity index (χ1v) is 7.43. The molecule has 0 saturated heterocycles. The van der Waals surface area contributed by atoms with Gasteiger partial charge in [-0.1, -0.05) is 34.6 Å². The van der Waals surface area contributed by atoms with Crippen molar-refractivity contribution < 1.29 is 0 Å². The SMILES string of the molecule is CC(C)c1nc(C(C)(C)C)sc1CNC1CC1. The second kappa shape index (κ2) is 4.69. The molecule has 0 spiro atoms. The van der Waals surface area contributed by atoms with Crippen LogP contribution in [0.1, 0.15) is 69.0 Å². The van der Waals surface area contributed by atoms with Crippen molar-refractivity contribution >= 4 is 11.3 Å². The molecule has 0 amide bonds. The van der Waals surface area contributed by atoms with Gasteiger partial charge in [0, 0.05) is 22.9 Å². The zero-order valence-electron chi connectivity index (χ0n) is 11.6. The van der Waals surface area contributed by atoms with Gasteiger partial charge in [-0.2, -0.15) is 0 Å². The predicted molar refractivity (Wildman–Crippen MR) is 74.8 cm³/mol. The number of hydrogen-bond donors (Lipinski definition) is 1. The van der Waals surface area contributed by atoms with E-state index in [2.05, 4.69) is 39.9 Å². The summed E-state index contributed by atoms with van der Waals surface area (Å²) < 4.78 is 0. The Morgan fingerprint density at radius 2 is 2.00 bits per heavy atom. The summed E-state index contributed by atoms with van der Waals surface area (Å²) in [4.78, 5) is 6.30. The fourth-order valence-electron chi connectivity index (χ4n) is 1.79. The van der Waals surface area contributed by atoms with Gasteiger partial charge in [0.15, 0.2) is 0 Å². The normalized spacial score (nSPS) is 16.8. The summed E-state index contributed by atoms with van der Waals surface area (Å²) in [6, 6.07) is 0.773. The van der Waals surface area contributed by atoms with E-state index < -0.39 is 0 Å². The van der Waals surface area contributed by atoms with Crippen LogP contribution < -0.4 is 5.32 Å². The molecule has 3 heteroatoms. The quantitative estimate of drug-likeness (QED) is 0.881. The summed E-state index contributed by atoms with van der Waals surface area (Å²) in [6.45, 7) is 12.2. The summed E-state index contributed by atoms with van der Waals surface area (Å²) in [5.74, 6) is 0.526. The number of nitrogens with one attached hydrogen (secondary N) is 1. The Kier molecular flexibility index (Phi) is 3.60. The van der Waals surface area contributed by atoms with Gasteiger partial charge in [-0.05, 0) is 18.8 Å². The van der Waals surface area contributed by atoms with E-state index in [0.717, 1.165) is 12.6 Å². The molecular weight excluding hydrogens is 228 g/mol. The zero-order valence-corrected chi connectivity index (χ0v) is 12.4. The lowest BCUT2D eigenvalue weighted by molar-refractivity contribution is 0.580. The number of nitrogens with zero attached hydrogens (tertiary/aromatic N) is 1. The van der Waals surface area contributed by atoms with Gasteiger partial charge in [0.2, 0.25) is 0 Å². The molecule has 1 aromatic rings. The predicted octanol–water partition coefficient (Wildman–Crippen LogP) is 3.82. The Bertz CT molecular complexity index is 383. The minimum absolute atomic E-state index is 0.173. The molecule has 1 saturated carbocycles. The fraction of sp³-hybridized carbons (Fsp3) is 0.786. The minimum Gasteiger partial charge on any atom is -0.309 e. The number of aromatic nitrogens is 1. The van der Waals surface area contributed by atoms with Crippen molar-refractivity contribution in [3.63, 3.8) is 0 Å². The topological polar surface area (TPSA) is 24.9 Å². The smallest absolute Gasteiger partial charge is 0.0985 e. The van der Waals surface area contributed by atoms with E-state index in [0.29, 0.717) is 5.92 Å².